The average molecular weight is 489 g/mol. The minimum atomic E-state index is -0.226. The van der Waals surface area contributed by atoms with Crippen molar-refractivity contribution in [3.63, 3.8) is 0 Å². The average Bonchev–Trinajstić information content (AvgIpc) is 3.33. The lowest BCUT2D eigenvalue weighted by Gasteiger charge is -2.11. The summed E-state index contributed by atoms with van der Waals surface area (Å²) in [5.74, 6) is 1.29. The van der Waals surface area contributed by atoms with Gasteiger partial charge < -0.3 is 19.5 Å². The highest BCUT2D eigenvalue weighted by molar-refractivity contribution is 7.99. The summed E-state index contributed by atoms with van der Waals surface area (Å²) >= 11 is 2.46. The van der Waals surface area contributed by atoms with Crippen molar-refractivity contribution >= 4 is 40.0 Å². The molecule has 2 heterocycles. The Balaban J connectivity index is 1.59. The van der Waals surface area contributed by atoms with Gasteiger partial charge in [-0.1, -0.05) is 40.8 Å². The monoisotopic (exact) mass is 488 g/mol. The highest BCUT2D eigenvalue weighted by Crippen LogP contribution is 2.25. The number of aromatic nitrogens is 4. The molecule has 0 aliphatic rings. The van der Waals surface area contributed by atoms with Crippen molar-refractivity contribution in [3.8, 4) is 5.75 Å². The Labute approximate surface area is 201 Å². The number of anilines is 1. The van der Waals surface area contributed by atoms with Crippen LogP contribution in [0.15, 0.2) is 23.4 Å². The van der Waals surface area contributed by atoms with Crippen molar-refractivity contribution < 1.29 is 14.3 Å². The Bertz CT molecular complexity index is 1160. The second-order valence-electron chi connectivity index (χ2n) is 7.67. The molecule has 0 atom stereocenters. The van der Waals surface area contributed by atoms with Crippen molar-refractivity contribution in [2.24, 2.45) is 0 Å². The van der Waals surface area contributed by atoms with Crippen LogP contribution in [-0.2, 0) is 17.9 Å². The number of hydrogen-bond donors (Lipinski definition) is 1. The molecule has 0 saturated heterocycles. The quantitative estimate of drug-likeness (QED) is 0.458. The first-order valence-corrected chi connectivity index (χ1v) is 12.2. The Morgan fingerprint density at radius 2 is 1.97 bits per heavy atom. The molecule has 2 amide bonds. The number of nitrogens with zero attached hydrogens (tertiary/aromatic N) is 5. The summed E-state index contributed by atoms with van der Waals surface area (Å²) in [4.78, 5) is 30.9. The van der Waals surface area contributed by atoms with Gasteiger partial charge in [-0.15, -0.1) is 10.2 Å². The van der Waals surface area contributed by atoms with E-state index in [1.807, 2.05) is 37.5 Å². The molecule has 0 unspecified atom stereocenters. The predicted octanol–water partition coefficient (Wildman–Crippen LogP) is 3.69. The highest BCUT2D eigenvalue weighted by atomic mass is 32.2. The van der Waals surface area contributed by atoms with Gasteiger partial charge in [-0.2, -0.15) is 0 Å². The zero-order valence-corrected chi connectivity index (χ0v) is 21.3. The normalized spacial score (nSPS) is 10.8. The van der Waals surface area contributed by atoms with Gasteiger partial charge in [0.2, 0.25) is 5.91 Å². The minimum Gasteiger partial charge on any atom is -0.485 e. The SMILES string of the molecule is CCn1c(COc2ccc(C)cc2C)nnc1SCC(=O)Nc1nc(C)c(C(=O)N(C)C)s1. The van der Waals surface area contributed by atoms with Gasteiger partial charge in [-0.05, 0) is 39.3 Å². The lowest BCUT2D eigenvalue weighted by Crippen LogP contribution is -2.21. The van der Waals surface area contributed by atoms with Crippen molar-refractivity contribution in [1.82, 2.24) is 24.6 Å². The summed E-state index contributed by atoms with van der Waals surface area (Å²) in [5, 5.41) is 12.3. The fraction of sp³-hybridized carbons (Fsp3) is 0.409. The zero-order chi connectivity index (χ0) is 24.1. The number of benzene rings is 1. The molecule has 1 N–H and O–H groups in total. The lowest BCUT2D eigenvalue weighted by molar-refractivity contribution is -0.113. The predicted molar refractivity (Wildman–Crippen MR) is 130 cm³/mol. The van der Waals surface area contributed by atoms with E-state index in [-0.39, 0.29) is 17.6 Å². The number of thioether (sulfide) groups is 1. The molecule has 33 heavy (non-hydrogen) atoms. The van der Waals surface area contributed by atoms with Crippen LogP contribution in [0.2, 0.25) is 0 Å². The van der Waals surface area contributed by atoms with Crippen molar-refractivity contribution in [2.45, 2.75) is 46.0 Å². The Morgan fingerprint density at radius 1 is 1.21 bits per heavy atom. The summed E-state index contributed by atoms with van der Waals surface area (Å²) in [7, 11) is 3.36. The van der Waals surface area contributed by atoms with E-state index in [1.54, 1.807) is 21.0 Å². The number of carbonyl (C=O) groups is 2. The van der Waals surface area contributed by atoms with Gasteiger partial charge in [0.15, 0.2) is 16.1 Å². The molecule has 176 valence electrons. The Kier molecular flexibility index (Phi) is 8.09. The summed E-state index contributed by atoms with van der Waals surface area (Å²) in [5.41, 5.74) is 2.85. The lowest BCUT2D eigenvalue weighted by atomic mass is 10.1. The van der Waals surface area contributed by atoms with E-state index in [0.717, 1.165) is 11.3 Å². The maximum Gasteiger partial charge on any atom is 0.265 e. The molecular weight excluding hydrogens is 460 g/mol. The molecule has 2 aromatic heterocycles. The molecule has 0 bridgehead atoms. The molecule has 0 saturated carbocycles. The number of rotatable bonds is 9. The fourth-order valence-electron chi connectivity index (χ4n) is 3.09. The number of nitrogens with one attached hydrogen (secondary N) is 1. The summed E-state index contributed by atoms with van der Waals surface area (Å²) in [6.07, 6.45) is 0. The summed E-state index contributed by atoms with van der Waals surface area (Å²) < 4.78 is 7.87. The molecule has 0 radical (unpaired) electrons. The largest absolute Gasteiger partial charge is 0.485 e. The van der Waals surface area contributed by atoms with E-state index in [2.05, 4.69) is 26.6 Å². The number of hydrogen-bond acceptors (Lipinski definition) is 8. The first-order chi connectivity index (χ1) is 15.7. The Morgan fingerprint density at radius 3 is 2.64 bits per heavy atom. The maximum absolute atomic E-state index is 12.4. The van der Waals surface area contributed by atoms with E-state index >= 15 is 0 Å². The molecule has 0 aliphatic heterocycles. The number of carbonyl (C=O) groups excluding carboxylic acids is 2. The molecule has 0 fully saturated rings. The van der Waals surface area contributed by atoms with Crippen LogP contribution in [0.4, 0.5) is 5.13 Å². The first kappa shape index (κ1) is 24.7. The summed E-state index contributed by atoms with van der Waals surface area (Å²) in [6, 6.07) is 6.04. The van der Waals surface area contributed by atoms with Crippen LogP contribution in [0.25, 0.3) is 0 Å². The van der Waals surface area contributed by atoms with Crippen molar-refractivity contribution in [2.75, 3.05) is 25.2 Å². The molecule has 0 spiro atoms. The highest BCUT2D eigenvalue weighted by Gasteiger charge is 2.19. The third-order valence-electron chi connectivity index (χ3n) is 4.77. The van der Waals surface area contributed by atoms with Gasteiger partial charge in [-0.3, -0.25) is 9.59 Å². The third-order valence-corrected chi connectivity index (χ3v) is 6.80. The van der Waals surface area contributed by atoms with Crippen LogP contribution in [0.3, 0.4) is 0 Å². The van der Waals surface area contributed by atoms with Gasteiger partial charge in [0, 0.05) is 20.6 Å². The molecule has 0 aliphatic carbocycles. The van der Waals surface area contributed by atoms with E-state index < -0.39 is 0 Å². The molecular formula is C22H28N6O3S2. The van der Waals surface area contributed by atoms with Crippen molar-refractivity contribution in [1.29, 1.82) is 0 Å². The maximum atomic E-state index is 12.4. The second kappa shape index (κ2) is 10.8. The zero-order valence-electron chi connectivity index (χ0n) is 19.6. The standard InChI is InChI=1S/C22H28N6O3S2/c1-7-28-17(11-31-16-9-8-13(2)10-14(16)3)25-26-22(28)32-12-18(29)24-21-23-15(4)19(33-21)20(30)27(5)6/h8-10H,7,11-12H2,1-6H3,(H,23,24,29). The molecule has 1 aromatic carbocycles. The van der Waals surface area contributed by atoms with Gasteiger partial charge in [0.25, 0.3) is 5.91 Å². The van der Waals surface area contributed by atoms with E-state index in [0.29, 0.717) is 39.8 Å². The van der Waals surface area contributed by atoms with Crippen LogP contribution >= 0.6 is 23.1 Å². The third kappa shape index (κ3) is 6.11. The second-order valence-corrected chi connectivity index (χ2v) is 9.61. The first-order valence-electron chi connectivity index (χ1n) is 10.4. The number of aryl methyl sites for hydroxylation is 3. The van der Waals surface area contributed by atoms with Gasteiger partial charge >= 0.3 is 0 Å². The summed E-state index contributed by atoms with van der Waals surface area (Å²) in [6.45, 7) is 8.75. The molecule has 3 rings (SSSR count). The van der Waals surface area contributed by atoms with Gasteiger partial charge in [-0.25, -0.2) is 4.98 Å². The van der Waals surface area contributed by atoms with E-state index in [4.69, 9.17) is 4.74 Å². The fourth-order valence-corrected chi connectivity index (χ4v) is 4.92. The molecule has 3 aromatic rings. The van der Waals surface area contributed by atoms with Crippen LogP contribution in [0.1, 0.15) is 39.2 Å². The smallest absolute Gasteiger partial charge is 0.265 e. The minimum absolute atomic E-state index is 0.133. The van der Waals surface area contributed by atoms with Crippen molar-refractivity contribution in [3.05, 3.63) is 45.7 Å². The van der Waals surface area contributed by atoms with Crippen LogP contribution in [0.5, 0.6) is 5.75 Å². The number of amides is 2. The van der Waals surface area contributed by atoms with Gasteiger partial charge in [0.05, 0.1) is 11.4 Å². The Hall–Kier alpha value is -2.92. The topological polar surface area (TPSA) is 102 Å². The van der Waals surface area contributed by atoms with Crippen LogP contribution in [0, 0.1) is 20.8 Å². The number of ether oxygens (including phenoxy) is 1. The molecule has 11 heteroatoms. The van der Waals surface area contributed by atoms with Crippen LogP contribution in [-0.4, -0.2) is 56.3 Å². The van der Waals surface area contributed by atoms with E-state index in [9.17, 15) is 9.59 Å². The van der Waals surface area contributed by atoms with Gasteiger partial charge in [0.1, 0.15) is 17.2 Å². The number of thiazole rings is 1. The van der Waals surface area contributed by atoms with E-state index in [1.165, 1.54) is 33.6 Å². The molecule has 9 nitrogen and oxygen atoms in total. The van der Waals surface area contributed by atoms with Crippen LogP contribution < -0.4 is 10.1 Å².